The van der Waals surface area contributed by atoms with Gasteiger partial charge in [-0.3, -0.25) is 4.68 Å². The molecular formula is C13H19N3O2. The van der Waals surface area contributed by atoms with E-state index in [1.807, 2.05) is 37.8 Å². The van der Waals surface area contributed by atoms with Crippen LogP contribution < -0.4 is 10.1 Å². The average Bonchev–Trinajstić information content (AvgIpc) is 2.94. The molecule has 0 aliphatic rings. The zero-order chi connectivity index (χ0) is 13.0. The molecule has 18 heavy (non-hydrogen) atoms. The minimum absolute atomic E-state index is 0.508. The normalized spacial score (nSPS) is 10.8. The Labute approximate surface area is 107 Å². The zero-order valence-electron chi connectivity index (χ0n) is 11.1. The van der Waals surface area contributed by atoms with Crippen LogP contribution in [0.1, 0.15) is 24.0 Å². The molecule has 2 aromatic rings. The quantitative estimate of drug-likeness (QED) is 0.851. The van der Waals surface area contributed by atoms with Gasteiger partial charge < -0.3 is 14.5 Å². The van der Waals surface area contributed by atoms with Crippen molar-refractivity contribution in [2.45, 2.75) is 33.5 Å². The summed E-state index contributed by atoms with van der Waals surface area (Å²) < 4.78 is 13.1. The molecule has 2 rings (SSSR count). The number of furan rings is 1. The highest BCUT2D eigenvalue weighted by atomic mass is 16.5. The number of aromatic nitrogens is 2. The molecule has 0 unspecified atom stereocenters. The third-order valence-electron chi connectivity index (χ3n) is 2.75. The summed E-state index contributed by atoms with van der Waals surface area (Å²) in [5, 5.41) is 7.22. The number of nitrogens with zero attached hydrogens (tertiary/aromatic N) is 2. The van der Waals surface area contributed by atoms with E-state index in [4.69, 9.17) is 9.15 Å². The summed E-state index contributed by atoms with van der Waals surface area (Å²) in [7, 11) is 1.90. The fraction of sp³-hybridized carbons (Fsp3) is 0.462. The third-order valence-corrected chi connectivity index (χ3v) is 2.75. The molecule has 2 aromatic heterocycles. The van der Waals surface area contributed by atoms with Crippen molar-refractivity contribution in [2.24, 2.45) is 0 Å². The average molecular weight is 249 g/mol. The molecule has 1 N–H and O–H groups in total. The van der Waals surface area contributed by atoms with E-state index in [1.165, 1.54) is 0 Å². The molecule has 0 aliphatic heterocycles. The van der Waals surface area contributed by atoms with Crippen LogP contribution in [0.15, 0.2) is 22.9 Å². The summed E-state index contributed by atoms with van der Waals surface area (Å²) in [6, 6.07) is 2.02. The Bertz CT molecular complexity index is 502. The van der Waals surface area contributed by atoms with Gasteiger partial charge in [0.15, 0.2) is 5.75 Å². The van der Waals surface area contributed by atoms with Crippen molar-refractivity contribution in [2.75, 3.05) is 7.05 Å². The SMILES string of the molecule is CCn1cc(OCc2cc(CNC)oc2C)cn1. The summed E-state index contributed by atoms with van der Waals surface area (Å²) in [4.78, 5) is 0. The van der Waals surface area contributed by atoms with E-state index in [0.29, 0.717) is 6.61 Å². The van der Waals surface area contributed by atoms with Gasteiger partial charge in [-0.05, 0) is 27.0 Å². The lowest BCUT2D eigenvalue weighted by atomic mass is 10.2. The van der Waals surface area contributed by atoms with Gasteiger partial charge in [-0.15, -0.1) is 0 Å². The van der Waals surface area contributed by atoms with Crippen LogP contribution in [0, 0.1) is 6.92 Å². The summed E-state index contributed by atoms with van der Waals surface area (Å²) >= 11 is 0. The molecule has 0 saturated carbocycles. The molecule has 0 fully saturated rings. The van der Waals surface area contributed by atoms with E-state index in [-0.39, 0.29) is 0 Å². The van der Waals surface area contributed by atoms with Crippen molar-refractivity contribution < 1.29 is 9.15 Å². The van der Waals surface area contributed by atoms with Crippen LogP contribution in [-0.4, -0.2) is 16.8 Å². The Morgan fingerprint density at radius 3 is 3.00 bits per heavy atom. The van der Waals surface area contributed by atoms with Gasteiger partial charge in [-0.1, -0.05) is 0 Å². The van der Waals surface area contributed by atoms with Gasteiger partial charge in [0, 0.05) is 12.1 Å². The lowest BCUT2D eigenvalue weighted by molar-refractivity contribution is 0.302. The van der Waals surface area contributed by atoms with E-state index < -0.39 is 0 Å². The van der Waals surface area contributed by atoms with Crippen molar-refractivity contribution >= 4 is 0 Å². The van der Waals surface area contributed by atoms with Gasteiger partial charge in [0.2, 0.25) is 0 Å². The molecule has 0 bridgehead atoms. The number of rotatable bonds is 6. The maximum Gasteiger partial charge on any atom is 0.157 e. The molecule has 0 spiro atoms. The van der Waals surface area contributed by atoms with Crippen LogP contribution in [0.2, 0.25) is 0 Å². The van der Waals surface area contributed by atoms with Crippen LogP contribution >= 0.6 is 0 Å². The first-order valence-electron chi connectivity index (χ1n) is 6.11. The lowest BCUT2D eigenvalue weighted by Crippen LogP contribution is -2.03. The number of ether oxygens (including phenoxy) is 1. The van der Waals surface area contributed by atoms with Gasteiger partial charge in [0.25, 0.3) is 0 Å². The summed E-state index contributed by atoms with van der Waals surface area (Å²) in [6.45, 7) is 6.08. The molecule has 2 heterocycles. The van der Waals surface area contributed by atoms with Gasteiger partial charge >= 0.3 is 0 Å². The first-order chi connectivity index (χ1) is 8.72. The van der Waals surface area contributed by atoms with E-state index in [1.54, 1.807) is 6.20 Å². The van der Waals surface area contributed by atoms with Crippen molar-refractivity contribution in [3.63, 3.8) is 0 Å². The minimum Gasteiger partial charge on any atom is -0.485 e. The van der Waals surface area contributed by atoms with Crippen molar-refractivity contribution in [3.05, 3.63) is 35.5 Å². The highest BCUT2D eigenvalue weighted by molar-refractivity contribution is 5.21. The zero-order valence-corrected chi connectivity index (χ0v) is 11.1. The molecule has 0 amide bonds. The number of nitrogens with one attached hydrogen (secondary N) is 1. The maximum absolute atomic E-state index is 5.68. The molecular weight excluding hydrogens is 230 g/mol. The smallest absolute Gasteiger partial charge is 0.157 e. The van der Waals surface area contributed by atoms with Gasteiger partial charge in [-0.2, -0.15) is 5.10 Å². The first-order valence-corrected chi connectivity index (χ1v) is 6.11. The predicted molar refractivity (Wildman–Crippen MR) is 68.4 cm³/mol. The molecule has 0 saturated heterocycles. The largest absolute Gasteiger partial charge is 0.485 e. The monoisotopic (exact) mass is 249 g/mol. The van der Waals surface area contributed by atoms with E-state index in [0.717, 1.165) is 35.9 Å². The van der Waals surface area contributed by atoms with Crippen molar-refractivity contribution in [3.8, 4) is 5.75 Å². The topological polar surface area (TPSA) is 52.2 Å². The number of aryl methyl sites for hydroxylation is 2. The first kappa shape index (κ1) is 12.7. The fourth-order valence-electron chi connectivity index (χ4n) is 1.75. The highest BCUT2D eigenvalue weighted by Crippen LogP contribution is 2.17. The lowest BCUT2D eigenvalue weighted by Gasteiger charge is -2.01. The van der Waals surface area contributed by atoms with Crippen LogP contribution in [0.3, 0.4) is 0 Å². The Kier molecular flexibility index (Phi) is 4.04. The maximum atomic E-state index is 5.68. The van der Waals surface area contributed by atoms with Gasteiger partial charge in [-0.25, -0.2) is 0 Å². The second kappa shape index (κ2) is 5.73. The number of hydrogen-bond acceptors (Lipinski definition) is 4. The van der Waals surface area contributed by atoms with Gasteiger partial charge in [0.05, 0.1) is 18.9 Å². The number of hydrogen-bond donors (Lipinski definition) is 1. The van der Waals surface area contributed by atoms with Crippen LogP contribution in [0.5, 0.6) is 5.75 Å². The second-order valence-electron chi connectivity index (χ2n) is 4.14. The molecule has 0 aromatic carbocycles. The summed E-state index contributed by atoms with van der Waals surface area (Å²) in [5.74, 6) is 2.62. The summed E-state index contributed by atoms with van der Waals surface area (Å²) in [5.41, 5.74) is 1.07. The molecule has 5 nitrogen and oxygen atoms in total. The van der Waals surface area contributed by atoms with Crippen LogP contribution in [-0.2, 0) is 19.7 Å². The third kappa shape index (κ3) is 2.92. The minimum atomic E-state index is 0.508. The fourth-order valence-corrected chi connectivity index (χ4v) is 1.75. The molecule has 0 aliphatic carbocycles. The highest BCUT2D eigenvalue weighted by Gasteiger charge is 2.08. The molecule has 98 valence electrons. The molecule has 5 heteroatoms. The molecule has 0 atom stereocenters. The summed E-state index contributed by atoms with van der Waals surface area (Å²) in [6.07, 6.45) is 3.62. The van der Waals surface area contributed by atoms with Crippen molar-refractivity contribution in [1.82, 2.24) is 15.1 Å². The Hall–Kier alpha value is -1.75. The van der Waals surface area contributed by atoms with Crippen LogP contribution in [0.25, 0.3) is 0 Å². The Morgan fingerprint density at radius 1 is 1.50 bits per heavy atom. The Morgan fingerprint density at radius 2 is 2.33 bits per heavy atom. The van der Waals surface area contributed by atoms with Crippen LogP contribution in [0.4, 0.5) is 0 Å². The van der Waals surface area contributed by atoms with E-state index in [2.05, 4.69) is 10.4 Å². The van der Waals surface area contributed by atoms with Gasteiger partial charge in [0.1, 0.15) is 18.1 Å². The predicted octanol–water partition coefficient (Wildman–Crippen LogP) is 2.10. The second-order valence-corrected chi connectivity index (χ2v) is 4.14. The standard InChI is InChI=1S/C13H19N3O2/c1-4-16-8-13(7-15-16)17-9-11-5-12(6-14-3)18-10(11)2/h5,7-8,14H,4,6,9H2,1-3H3. The van der Waals surface area contributed by atoms with E-state index >= 15 is 0 Å². The Balaban J connectivity index is 1.96. The molecule has 0 radical (unpaired) electrons. The van der Waals surface area contributed by atoms with E-state index in [9.17, 15) is 0 Å². The van der Waals surface area contributed by atoms with Crippen molar-refractivity contribution in [1.29, 1.82) is 0 Å².